The quantitative estimate of drug-likeness (QED) is 0.225. The van der Waals surface area contributed by atoms with Crippen molar-refractivity contribution in [3.8, 4) is 11.5 Å². The van der Waals surface area contributed by atoms with Crippen LogP contribution in [-0.4, -0.2) is 26.6 Å². The first-order valence-electron chi connectivity index (χ1n) is 9.04. The molecule has 0 aliphatic rings. The lowest BCUT2D eigenvalue weighted by Gasteiger charge is -2.40. The van der Waals surface area contributed by atoms with Gasteiger partial charge in [0.05, 0.1) is 7.11 Å². The maximum atomic E-state index is 12.8. The summed E-state index contributed by atoms with van der Waals surface area (Å²) in [5.41, 5.74) is 0.928. The Labute approximate surface area is 178 Å². The molecule has 0 fully saturated rings. The number of halogens is 5. The van der Waals surface area contributed by atoms with Gasteiger partial charge in [0.25, 0.3) is 0 Å². The first-order chi connectivity index (χ1) is 14.2. The van der Waals surface area contributed by atoms with E-state index in [2.05, 4.69) is 11.9 Å². The minimum atomic E-state index is -9.70. The van der Waals surface area contributed by atoms with Crippen LogP contribution in [0.4, 0.5) is 25.1 Å². The highest BCUT2D eigenvalue weighted by Gasteiger charge is 2.65. The van der Waals surface area contributed by atoms with Crippen LogP contribution in [0.25, 0.3) is 6.08 Å². The molecule has 0 spiro atoms. The Morgan fingerprint density at radius 3 is 2.13 bits per heavy atom. The number of rotatable bonds is 10. The SMILES string of the molecule is C=CC(C)Oc1ccc(/C=C/C(Nc2ccc(S(F)(F)(F)(F)F)cc2)OC)cc1OC. The molecule has 1 N–H and O–H groups in total. The third-order valence-corrected chi connectivity index (χ3v) is 5.32. The van der Waals surface area contributed by atoms with Crippen molar-refractivity contribution in [2.75, 3.05) is 19.5 Å². The fraction of sp³-hybridized carbons (Fsp3) is 0.238. The molecule has 2 aromatic rings. The average molecular weight is 465 g/mol. The van der Waals surface area contributed by atoms with Crippen LogP contribution in [0, 0.1) is 0 Å². The van der Waals surface area contributed by atoms with E-state index in [1.165, 1.54) is 14.2 Å². The van der Waals surface area contributed by atoms with Crippen molar-refractivity contribution in [2.24, 2.45) is 0 Å². The minimum Gasteiger partial charge on any atom is -0.493 e. The van der Waals surface area contributed by atoms with E-state index in [-0.39, 0.29) is 11.8 Å². The van der Waals surface area contributed by atoms with Gasteiger partial charge < -0.3 is 19.5 Å². The zero-order chi connectivity index (χ0) is 23.3. The predicted molar refractivity (Wildman–Crippen MR) is 115 cm³/mol. The molecule has 0 saturated carbocycles. The van der Waals surface area contributed by atoms with Gasteiger partial charge in [0.15, 0.2) is 11.5 Å². The molecule has 172 valence electrons. The van der Waals surface area contributed by atoms with Crippen molar-refractivity contribution in [2.45, 2.75) is 24.2 Å². The molecule has 10 heteroatoms. The minimum absolute atomic E-state index is 0.182. The second kappa shape index (κ2) is 8.43. The van der Waals surface area contributed by atoms with E-state index in [1.54, 1.807) is 36.4 Å². The van der Waals surface area contributed by atoms with E-state index in [0.29, 0.717) is 23.6 Å². The molecular formula is C21H24F5NO3S. The fourth-order valence-corrected chi connectivity index (χ4v) is 3.14. The highest BCUT2D eigenvalue weighted by atomic mass is 32.5. The van der Waals surface area contributed by atoms with Crippen LogP contribution in [0.3, 0.4) is 0 Å². The van der Waals surface area contributed by atoms with Crippen molar-refractivity contribution >= 4 is 22.0 Å². The van der Waals surface area contributed by atoms with Crippen LogP contribution < -0.4 is 14.8 Å². The lowest BCUT2D eigenvalue weighted by molar-refractivity contribution is 0.163. The van der Waals surface area contributed by atoms with Gasteiger partial charge in [-0.2, -0.15) is 0 Å². The number of anilines is 1. The van der Waals surface area contributed by atoms with Gasteiger partial charge in [-0.05, 0) is 55.0 Å². The van der Waals surface area contributed by atoms with E-state index >= 15 is 0 Å². The third kappa shape index (κ3) is 7.18. The maximum Gasteiger partial charge on any atom is 0.310 e. The van der Waals surface area contributed by atoms with Gasteiger partial charge >= 0.3 is 10.2 Å². The lowest BCUT2D eigenvalue weighted by Crippen LogP contribution is -2.18. The summed E-state index contributed by atoms with van der Waals surface area (Å²) < 4.78 is 80.3. The maximum absolute atomic E-state index is 12.8. The third-order valence-electron chi connectivity index (χ3n) is 4.16. The van der Waals surface area contributed by atoms with Crippen molar-refractivity contribution < 1.29 is 33.6 Å². The van der Waals surface area contributed by atoms with E-state index in [4.69, 9.17) is 14.2 Å². The van der Waals surface area contributed by atoms with Gasteiger partial charge in [-0.3, -0.25) is 0 Å². The molecule has 0 aliphatic carbocycles. The number of hydrogen-bond donors (Lipinski definition) is 1. The predicted octanol–water partition coefficient (Wildman–Crippen LogP) is 7.40. The largest absolute Gasteiger partial charge is 0.493 e. The zero-order valence-corrected chi connectivity index (χ0v) is 18.0. The highest BCUT2D eigenvalue weighted by Crippen LogP contribution is 3.02. The Kier molecular flexibility index (Phi) is 6.67. The molecule has 2 unspecified atom stereocenters. The summed E-state index contributed by atoms with van der Waals surface area (Å²) in [5.74, 6) is 1.04. The summed E-state index contributed by atoms with van der Waals surface area (Å²) in [6, 6.07) is 7.76. The molecule has 0 saturated heterocycles. The zero-order valence-electron chi connectivity index (χ0n) is 17.2. The average Bonchev–Trinajstić information content (AvgIpc) is 2.70. The Hall–Kier alpha value is -2.72. The summed E-state index contributed by atoms with van der Waals surface area (Å²) in [5, 5.41) is 2.80. The van der Waals surface area contributed by atoms with Gasteiger partial charge in [-0.25, -0.2) is 0 Å². The van der Waals surface area contributed by atoms with Crippen LogP contribution in [0.2, 0.25) is 0 Å². The van der Waals surface area contributed by atoms with Crippen LogP contribution in [0.15, 0.2) is 66.1 Å². The second-order valence-electron chi connectivity index (χ2n) is 6.62. The van der Waals surface area contributed by atoms with Crippen molar-refractivity contribution in [3.63, 3.8) is 0 Å². The van der Waals surface area contributed by atoms with Crippen LogP contribution >= 0.6 is 10.2 Å². The Morgan fingerprint density at radius 1 is 0.968 bits per heavy atom. The Balaban J connectivity index is 2.13. The first kappa shape index (κ1) is 24.5. The molecule has 31 heavy (non-hydrogen) atoms. The van der Waals surface area contributed by atoms with Crippen LogP contribution in [0.5, 0.6) is 11.5 Å². The second-order valence-corrected chi connectivity index (χ2v) is 9.03. The lowest BCUT2D eigenvalue weighted by atomic mass is 10.1. The van der Waals surface area contributed by atoms with Gasteiger partial charge in [-0.1, -0.05) is 44.2 Å². The fourth-order valence-electron chi connectivity index (χ4n) is 2.49. The molecule has 4 nitrogen and oxygen atoms in total. The molecule has 0 aromatic heterocycles. The standard InChI is InChI=1S/C21H24F5NO3S/c1-5-15(2)30-19-12-6-16(14-20(19)28-3)7-13-21(29-4)27-17-8-10-18(11-9-17)31(22,23,24,25)26/h5-15,21,27H,1H2,2-4H3/b13-7+. The molecule has 2 atom stereocenters. The molecule has 0 amide bonds. The molecule has 0 heterocycles. The van der Waals surface area contributed by atoms with Gasteiger partial charge in [0.2, 0.25) is 0 Å². The Morgan fingerprint density at radius 2 is 1.61 bits per heavy atom. The first-order valence-corrected chi connectivity index (χ1v) is 11.0. The van der Waals surface area contributed by atoms with Gasteiger partial charge in [0, 0.05) is 12.8 Å². The van der Waals surface area contributed by atoms with E-state index in [1.807, 2.05) is 6.92 Å². The smallest absolute Gasteiger partial charge is 0.310 e. The Bertz CT molecular complexity index is 947. The van der Waals surface area contributed by atoms with E-state index in [9.17, 15) is 19.4 Å². The molecule has 0 bridgehead atoms. The number of ether oxygens (including phenoxy) is 3. The van der Waals surface area contributed by atoms with Crippen molar-refractivity contribution in [3.05, 3.63) is 66.8 Å². The molecular weight excluding hydrogens is 441 g/mol. The summed E-state index contributed by atoms with van der Waals surface area (Å²) >= 11 is 0. The normalized spacial score (nSPS) is 16.1. The molecule has 2 aromatic carbocycles. The molecule has 0 aliphatic heterocycles. The van der Waals surface area contributed by atoms with Gasteiger partial charge in [0.1, 0.15) is 17.2 Å². The number of nitrogens with one attached hydrogen (secondary N) is 1. The molecule has 0 radical (unpaired) electrons. The van der Waals surface area contributed by atoms with E-state index < -0.39 is 21.3 Å². The van der Waals surface area contributed by atoms with Crippen LogP contribution in [-0.2, 0) is 4.74 Å². The number of benzene rings is 2. The van der Waals surface area contributed by atoms with Crippen LogP contribution in [0.1, 0.15) is 12.5 Å². The van der Waals surface area contributed by atoms with Crippen molar-refractivity contribution in [1.29, 1.82) is 0 Å². The highest BCUT2D eigenvalue weighted by molar-refractivity contribution is 8.45. The summed E-state index contributed by atoms with van der Waals surface area (Å²) in [6.07, 6.45) is 4.02. The summed E-state index contributed by atoms with van der Waals surface area (Å²) in [4.78, 5) is -1.95. The number of hydrogen-bond acceptors (Lipinski definition) is 4. The summed E-state index contributed by atoms with van der Waals surface area (Å²) in [6.45, 7) is 5.49. The van der Waals surface area contributed by atoms with Crippen molar-refractivity contribution in [1.82, 2.24) is 0 Å². The van der Waals surface area contributed by atoms with Gasteiger partial charge in [-0.15, -0.1) is 0 Å². The topological polar surface area (TPSA) is 39.7 Å². The molecule has 2 rings (SSSR count). The summed E-state index contributed by atoms with van der Waals surface area (Å²) in [7, 11) is -6.81. The number of methoxy groups -OCH3 is 2. The monoisotopic (exact) mass is 465 g/mol. The van der Waals surface area contributed by atoms with E-state index in [0.717, 1.165) is 17.7 Å².